The van der Waals surface area contributed by atoms with Crippen LogP contribution in [-0.4, -0.2) is 60.7 Å². The first kappa shape index (κ1) is 25.2. The maximum absolute atomic E-state index is 13.6. The normalized spacial score (nSPS) is 25.0. The molecular weight excluding hydrogens is 518 g/mol. The maximum atomic E-state index is 13.6. The van der Waals surface area contributed by atoms with Crippen LogP contribution in [0, 0.1) is 17.5 Å². The molecule has 13 heteroatoms. The van der Waals surface area contributed by atoms with E-state index in [-0.39, 0.29) is 11.3 Å². The summed E-state index contributed by atoms with van der Waals surface area (Å²) in [4.78, 5) is 0. The molecule has 0 bridgehead atoms. The number of ether oxygens (including phenoxy) is 1. The van der Waals surface area contributed by atoms with Crippen molar-refractivity contribution >= 4 is 35.0 Å². The van der Waals surface area contributed by atoms with E-state index in [1.165, 1.54) is 18.0 Å². The summed E-state index contributed by atoms with van der Waals surface area (Å²) in [6.45, 7) is -0.538. The zero-order chi connectivity index (χ0) is 24.6. The molecule has 1 saturated heterocycles. The first-order chi connectivity index (χ1) is 16.2. The second-order valence-electron chi connectivity index (χ2n) is 7.59. The molecule has 4 rings (SSSR count). The number of hydrogen-bond donors (Lipinski definition) is 3. The van der Waals surface area contributed by atoms with Crippen molar-refractivity contribution < 1.29 is 33.2 Å². The molecule has 0 spiro atoms. The Morgan fingerprint density at radius 2 is 1.74 bits per heavy atom. The molecule has 1 aromatic heterocycles. The highest BCUT2D eigenvalue weighted by Crippen LogP contribution is 2.37. The molecule has 2 aromatic carbocycles. The summed E-state index contributed by atoms with van der Waals surface area (Å²) < 4.78 is 47.3. The first-order valence-corrected chi connectivity index (χ1v) is 11.7. The van der Waals surface area contributed by atoms with Crippen LogP contribution in [0.5, 0.6) is 0 Å². The highest BCUT2D eigenvalue weighted by atomic mass is 35.5. The molecule has 7 nitrogen and oxygen atoms in total. The fourth-order valence-electron chi connectivity index (χ4n) is 3.58. The fraction of sp³-hybridized carbons (Fsp3) is 0.333. The van der Waals surface area contributed by atoms with Crippen LogP contribution >= 0.6 is 35.0 Å². The Kier molecular flexibility index (Phi) is 7.72. The van der Waals surface area contributed by atoms with Crippen LogP contribution in [0.3, 0.4) is 0 Å². The summed E-state index contributed by atoms with van der Waals surface area (Å²) in [6.07, 6.45) is -2.48. The van der Waals surface area contributed by atoms with Crippen molar-refractivity contribution in [2.45, 2.75) is 35.5 Å². The average Bonchev–Trinajstić information content (AvgIpc) is 3.29. The number of rotatable bonds is 6. The Balaban J connectivity index is 1.57. The molecule has 5 atom stereocenters. The van der Waals surface area contributed by atoms with Crippen LogP contribution in [0.2, 0.25) is 10.0 Å². The predicted octanol–water partition coefficient (Wildman–Crippen LogP) is 3.58. The zero-order valence-electron chi connectivity index (χ0n) is 17.2. The Morgan fingerprint density at radius 1 is 1.03 bits per heavy atom. The molecule has 1 aliphatic heterocycles. The van der Waals surface area contributed by atoms with Gasteiger partial charge in [0.15, 0.2) is 17.5 Å². The molecule has 1 fully saturated rings. The summed E-state index contributed by atoms with van der Waals surface area (Å²) in [7, 11) is 0. The molecule has 2 heterocycles. The minimum Gasteiger partial charge on any atom is -0.394 e. The number of aliphatic hydroxyl groups excluding tert-OH is 3. The molecule has 182 valence electrons. The monoisotopic (exact) mass is 535 g/mol. The smallest absolute Gasteiger partial charge is 0.194 e. The summed E-state index contributed by atoms with van der Waals surface area (Å²) in [5.74, 6) is -4.03. The van der Waals surface area contributed by atoms with Gasteiger partial charge in [-0.3, -0.25) is 0 Å². The third kappa shape index (κ3) is 5.06. The van der Waals surface area contributed by atoms with E-state index in [1.807, 2.05) is 0 Å². The van der Waals surface area contributed by atoms with Crippen molar-refractivity contribution in [3.8, 4) is 11.3 Å². The molecule has 34 heavy (non-hydrogen) atoms. The third-order valence-corrected chi connectivity index (χ3v) is 7.30. The SMILES string of the molecule is OC[C@H]1O[C@H](SCc2ccc(Cl)c(Cl)c2)[C@H](O)[C@@H](n2cc(-c3cc(F)c(F)c(F)c3)nn2)[C@H]1O. The number of nitrogens with zero attached hydrogens (tertiary/aromatic N) is 3. The van der Waals surface area contributed by atoms with E-state index < -0.39 is 53.8 Å². The minimum atomic E-state index is -1.61. The Labute approximate surface area is 206 Å². The van der Waals surface area contributed by atoms with Crippen LogP contribution < -0.4 is 0 Å². The van der Waals surface area contributed by atoms with Gasteiger partial charge in [0.1, 0.15) is 35.5 Å². The van der Waals surface area contributed by atoms with Crippen molar-refractivity contribution in [2.24, 2.45) is 0 Å². The van der Waals surface area contributed by atoms with Gasteiger partial charge >= 0.3 is 0 Å². The zero-order valence-corrected chi connectivity index (χ0v) is 19.5. The van der Waals surface area contributed by atoms with Crippen molar-refractivity contribution in [2.75, 3.05) is 6.61 Å². The summed E-state index contributed by atoms with van der Waals surface area (Å²) in [6, 6.07) is 5.49. The summed E-state index contributed by atoms with van der Waals surface area (Å²) >= 11 is 13.2. The standard InChI is InChI=1S/C21H18Cl2F3N3O4S/c22-11-2-1-9(3-12(11)23)8-34-21-20(32)18(19(31)16(7-30)33-21)29-6-15(27-28-29)10-4-13(24)17(26)14(25)5-10/h1-6,16,18-21,30-32H,7-8H2/t16-,18+,19+,20-,21-/m1/s1. The van der Waals surface area contributed by atoms with Gasteiger partial charge in [-0.05, 0) is 29.8 Å². The lowest BCUT2D eigenvalue weighted by atomic mass is 9.97. The topological polar surface area (TPSA) is 101 Å². The van der Waals surface area contributed by atoms with Crippen LogP contribution in [0.1, 0.15) is 11.6 Å². The molecule has 3 N–H and O–H groups in total. The predicted molar refractivity (Wildman–Crippen MR) is 120 cm³/mol. The second kappa shape index (κ2) is 10.4. The average molecular weight is 536 g/mol. The van der Waals surface area contributed by atoms with E-state index in [2.05, 4.69) is 10.3 Å². The Morgan fingerprint density at radius 3 is 2.38 bits per heavy atom. The summed E-state index contributed by atoms with van der Waals surface area (Å²) in [5.41, 5.74) is -0.164. The first-order valence-electron chi connectivity index (χ1n) is 9.94. The van der Waals surface area contributed by atoms with Crippen LogP contribution in [0.4, 0.5) is 13.2 Å². The van der Waals surface area contributed by atoms with Gasteiger partial charge in [-0.25, -0.2) is 17.9 Å². The lowest BCUT2D eigenvalue weighted by Crippen LogP contribution is -2.55. The van der Waals surface area contributed by atoms with Gasteiger partial charge in [-0.15, -0.1) is 16.9 Å². The number of halogens is 5. The lowest BCUT2D eigenvalue weighted by molar-refractivity contribution is -0.178. The number of hydrogen-bond acceptors (Lipinski definition) is 7. The van der Waals surface area contributed by atoms with Crippen molar-refractivity contribution in [3.63, 3.8) is 0 Å². The molecular formula is C21H18Cl2F3N3O4S. The summed E-state index contributed by atoms with van der Waals surface area (Å²) in [5, 5.41) is 39.8. The molecule has 3 aromatic rings. The van der Waals surface area contributed by atoms with Crippen molar-refractivity contribution in [1.29, 1.82) is 0 Å². The van der Waals surface area contributed by atoms with Gasteiger partial charge < -0.3 is 20.1 Å². The van der Waals surface area contributed by atoms with E-state index in [9.17, 15) is 28.5 Å². The number of thioether (sulfide) groups is 1. The van der Waals surface area contributed by atoms with Crippen molar-refractivity contribution in [3.05, 3.63) is 69.6 Å². The number of benzene rings is 2. The highest BCUT2D eigenvalue weighted by molar-refractivity contribution is 7.99. The largest absolute Gasteiger partial charge is 0.394 e. The second-order valence-corrected chi connectivity index (χ2v) is 9.50. The van der Waals surface area contributed by atoms with E-state index in [4.69, 9.17) is 27.9 Å². The number of aromatic nitrogens is 3. The van der Waals surface area contributed by atoms with Gasteiger partial charge in [0, 0.05) is 11.3 Å². The molecule has 0 saturated carbocycles. The quantitative estimate of drug-likeness (QED) is 0.414. The Hall–Kier alpha value is -1.86. The molecule has 0 radical (unpaired) electrons. The van der Waals surface area contributed by atoms with Crippen LogP contribution in [-0.2, 0) is 10.5 Å². The van der Waals surface area contributed by atoms with Crippen molar-refractivity contribution in [1.82, 2.24) is 15.0 Å². The lowest BCUT2D eigenvalue weighted by Gasteiger charge is -2.41. The van der Waals surface area contributed by atoms with Crippen LogP contribution in [0.25, 0.3) is 11.3 Å². The van der Waals surface area contributed by atoms with Gasteiger partial charge in [0.05, 0.1) is 22.8 Å². The number of aliphatic hydroxyl groups is 3. The molecule has 1 aliphatic rings. The van der Waals surface area contributed by atoms with Gasteiger partial charge in [0.2, 0.25) is 0 Å². The molecule has 0 unspecified atom stereocenters. The highest BCUT2D eigenvalue weighted by Gasteiger charge is 2.46. The van der Waals surface area contributed by atoms with E-state index in [0.29, 0.717) is 15.8 Å². The maximum Gasteiger partial charge on any atom is 0.194 e. The van der Waals surface area contributed by atoms with E-state index in [1.54, 1.807) is 18.2 Å². The molecule has 0 amide bonds. The van der Waals surface area contributed by atoms with Gasteiger partial charge in [-0.1, -0.05) is 34.5 Å². The third-order valence-electron chi connectivity index (χ3n) is 5.34. The van der Waals surface area contributed by atoms with Crippen LogP contribution in [0.15, 0.2) is 36.5 Å². The van der Waals surface area contributed by atoms with Gasteiger partial charge in [0.25, 0.3) is 0 Å². The van der Waals surface area contributed by atoms with E-state index in [0.717, 1.165) is 22.4 Å². The molecule has 0 aliphatic carbocycles. The fourth-order valence-corrected chi connectivity index (χ4v) is 5.02. The Bertz CT molecular complexity index is 1160. The van der Waals surface area contributed by atoms with Gasteiger partial charge in [-0.2, -0.15) is 0 Å². The van der Waals surface area contributed by atoms with E-state index >= 15 is 0 Å². The minimum absolute atomic E-state index is 0.00995.